The molecule has 1 heterocycles. The number of rotatable bonds is 2. The zero-order valence-electron chi connectivity index (χ0n) is 23.3. The molecule has 10 rings (SSSR count). The molecule has 1 nitrogen and oxygen atoms in total. The first-order valence-corrected chi connectivity index (χ1v) is 15.7. The molecule has 0 atom stereocenters. The monoisotopic (exact) mass is 563 g/mol. The van der Waals surface area contributed by atoms with Crippen LogP contribution in [0.2, 0.25) is 0 Å². The minimum Gasteiger partial charge on any atom is -0.354 e. The lowest BCUT2D eigenvalue weighted by molar-refractivity contribution is 0.794. The molecule has 2 heteroatoms. The lowest BCUT2D eigenvalue weighted by Gasteiger charge is -2.30. The highest BCUT2D eigenvalue weighted by Gasteiger charge is 2.51. The molecule has 0 bridgehead atoms. The van der Waals surface area contributed by atoms with Gasteiger partial charge in [0.1, 0.15) is 0 Å². The van der Waals surface area contributed by atoms with Gasteiger partial charge in [-0.15, -0.1) is 11.3 Å². The van der Waals surface area contributed by atoms with Crippen molar-refractivity contribution in [3.05, 3.63) is 168 Å². The third kappa shape index (κ3) is 2.96. The van der Waals surface area contributed by atoms with Gasteiger partial charge in [0.2, 0.25) is 0 Å². The zero-order valence-corrected chi connectivity index (χ0v) is 24.1. The third-order valence-electron chi connectivity index (χ3n) is 9.65. The van der Waals surface area contributed by atoms with Crippen LogP contribution >= 0.6 is 11.3 Å². The molecule has 2 aliphatic rings. The van der Waals surface area contributed by atoms with Crippen LogP contribution in [0.4, 0.5) is 11.4 Å². The van der Waals surface area contributed by atoms with Crippen molar-refractivity contribution in [2.24, 2.45) is 0 Å². The standard InChI is InChI=1S/C41H25NS/c1-2-12-27-25(11-1)23-37(40-39(27)31-16-6-10-20-38(31)43-40)42-26-21-22-36-32(24-26)30-15-5-9-19-35(30)41(36)33-17-7-3-13-28(33)29-14-4-8-18-34(29)41/h1-24,42H. The predicted octanol–water partition coefficient (Wildman–Crippen LogP) is 11.3. The van der Waals surface area contributed by atoms with E-state index in [-0.39, 0.29) is 5.41 Å². The topological polar surface area (TPSA) is 12.0 Å². The van der Waals surface area contributed by atoms with Crippen molar-refractivity contribution in [1.29, 1.82) is 0 Å². The largest absolute Gasteiger partial charge is 0.354 e. The molecule has 0 radical (unpaired) electrons. The highest BCUT2D eigenvalue weighted by Crippen LogP contribution is 2.63. The van der Waals surface area contributed by atoms with E-state index in [1.807, 2.05) is 11.3 Å². The number of benzene rings is 7. The van der Waals surface area contributed by atoms with E-state index < -0.39 is 0 Å². The van der Waals surface area contributed by atoms with Gasteiger partial charge in [-0.2, -0.15) is 0 Å². The highest BCUT2D eigenvalue weighted by molar-refractivity contribution is 7.26. The van der Waals surface area contributed by atoms with E-state index in [4.69, 9.17) is 0 Å². The van der Waals surface area contributed by atoms with Crippen molar-refractivity contribution in [1.82, 2.24) is 0 Å². The van der Waals surface area contributed by atoms with Gasteiger partial charge in [-0.05, 0) is 79.5 Å². The molecule has 43 heavy (non-hydrogen) atoms. The van der Waals surface area contributed by atoms with Crippen molar-refractivity contribution in [3.63, 3.8) is 0 Å². The molecular formula is C41H25NS. The molecule has 0 saturated heterocycles. The summed E-state index contributed by atoms with van der Waals surface area (Å²) in [5, 5.41) is 9.12. The van der Waals surface area contributed by atoms with Crippen molar-refractivity contribution >= 4 is 53.7 Å². The first kappa shape index (κ1) is 23.4. The van der Waals surface area contributed by atoms with Crippen LogP contribution in [0.3, 0.4) is 0 Å². The smallest absolute Gasteiger partial charge is 0.0725 e. The van der Waals surface area contributed by atoms with Gasteiger partial charge in [0.05, 0.1) is 15.8 Å². The van der Waals surface area contributed by atoms with Crippen LogP contribution in [0.5, 0.6) is 0 Å². The summed E-state index contributed by atoms with van der Waals surface area (Å²) in [6.45, 7) is 0. The lowest BCUT2D eigenvalue weighted by Crippen LogP contribution is -2.25. The summed E-state index contributed by atoms with van der Waals surface area (Å²) in [5.74, 6) is 0. The Morgan fingerprint density at radius 3 is 1.74 bits per heavy atom. The number of anilines is 2. The molecule has 0 unspecified atom stereocenters. The van der Waals surface area contributed by atoms with Gasteiger partial charge in [-0.1, -0.05) is 121 Å². The van der Waals surface area contributed by atoms with Gasteiger partial charge < -0.3 is 5.32 Å². The van der Waals surface area contributed by atoms with Gasteiger partial charge >= 0.3 is 0 Å². The Kier molecular flexibility index (Phi) is 4.59. The maximum absolute atomic E-state index is 3.89. The molecule has 200 valence electrons. The fourth-order valence-corrected chi connectivity index (χ4v) is 9.19. The van der Waals surface area contributed by atoms with Gasteiger partial charge in [0.15, 0.2) is 0 Å². The Bertz CT molecular complexity index is 2400. The van der Waals surface area contributed by atoms with Crippen LogP contribution in [-0.2, 0) is 5.41 Å². The molecule has 0 fully saturated rings. The van der Waals surface area contributed by atoms with Gasteiger partial charge in [0, 0.05) is 21.2 Å². The average molecular weight is 564 g/mol. The molecule has 0 aliphatic heterocycles. The summed E-state index contributed by atoms with van der Waals surface area (Å²) in [5.41, 5.74) is 12.8. The Balaban J connectivity index is 1.20. The molecular weight excluding hydrogens is 539 g/mol. The Hall–Kier alpha value is -5.18. The predicted molar refractivity (Wildman–Crippen MR) is 183 cm³/mol. The van der Waals surface area contributed by atoms with E-state index in [9.17, 15) is 0 Å². The summed E-state index contributed by atoms with van der Waals surface area (Å²) in [6, 6.07) is 53.9. The number of nitrogens with one attached hydrogen (secondary N) is 1. The maximum Gasteiger partial charge on any atom is 0.0725 e. The van der Waals surface area contributed by atoms with E-state index in [1.54, 1.807) is 0 Å². The maximum atomic E-state index is 3.89. The molecule has 1 spiro atoms. The van der Waals surface area contributed by atoms with Gasteiger partial charge in [-0.25, -0.2) is 0 Å². The number of thiophene rings is 1. The van der Waals surface area contributed by atoms with Crippen LogP contribution in [-0.4, -0.2) is 0 Å². The van der Waals surface area contributed by atoms with Gasteiger partial charge in [-0.3, -0.25) is 0 Å². The van der Waals surface area contributed by atoms with Crippen LogP contribution in [0.25, 0.3) is 53.2 Å². The van der Waals surface area contributed by atoms with Crippen LogP contribution < -0.4 is 5.32 Å². The quantitative estimate of drug-likeness (QED) is 0.221. The summed E-state index contributed by atoms with van der Waals surface area (Å²) in [6.07, 6.45) is 0. The highest BCUT2D eigenvalue weighted by atomic mass is 32.1. The molecule has 0 amide bonds. The lowest BCUT2D eigenvalue weighted by atomic mass is 9.70. The fraction of sp³-hybridized carbons (Fsp3) is 0.0244. The first-order valence-electron chi connectivity index (χ1n) is 14.9. The summed E-state index contributed by atoms with van der Waals surface area (Å²) in [7, 11) is 0. The van der Waals surface area contributed by atoms with Crippen LogP contribution in [0.15, 0.2) is 146 Å². The second kappa shape index (κ2) is 8.44. The zero-order chi connectivity index (χ0) is 28.1. The minimum absolute atomic E-state index is 0.306. The first-order chi connectivity index (χ1) is 21.3. The van der Waals surface area contributed by atoms with E-state index in [1.165, 1.54) is 75.5 Å². The van der Waals surface area contributed by atoms with Crippen molar-refractivity contribution in [2.45, 2.75) is 5.41 Å². The van der Waals surface area contributed by atoms with E-state index >= 15 is 0 Å². The normalized spacial score (nSPS) is 13.8. The summed E-state index contributed by atoms with van der Waals surface area (Å²) >= 11 is 1.87. The van der Waals surface area contributed by atoms with Crippen molar-refractivity contribution in [2.75, 3.05) is 5.32 Å². The van der Waals surface area contributed by atoms with Gasteiger partial charge in [0.25, 0.3) is 0 Å². The second-order valence-corrected chi connectivity index (χ2v) is 12.8. The molecule has 0 saturated carbocycles. The van der Waals surface area contributed by atoms with E-state index in [2.05, 4.69) is 151 Å². The van der Waals surface area contributed by atoms with Crippen molar-refractivity contribution < 1.29 is 0 Å². The number of fused-ring (bicyclic) bond motifs is 15. The SMILES string of the molecule is c1ccc2c(c1)-c1ccccc1C21c2ccccc2-c2cc(Nc3cc4ccccc4c4c3sc3ccccc34)ccc21. The van der Waals surface area contributed by atoms with E-state index in [0.29, 0.717) is 0 Å². The molecule has 7 aromatic carbocycles. The summed E-state index contributed by atoms with van der Waals surface area (Å²) in [4.78, 5) is 0. The molecule has 2 aliphatic carbocycles. The Morgan fingerprint density at radius 2 is 1.02 bits per heavy atom. The van der Waals surface area contributed by atoms with Crippen LogP contribution in [0, 0.1) is 0 Å². The van der Waals surface area contributed by atoms with Crippen LogP contribution in [0.1, 0.15) is 22.3 Å². The molecule has 1 N–H and O–H groups in total. The van der Waals surface area contributed by atoms with E-state index in [0.717, 1.165) is 11.4 Å². The second-order valence-electron chi connectivity index (χ2n) is 11.7. The third-order valence-corrected chi connectivity index (χ3v) is 10.9. The Labute approximate surface area is 253 Å². The molecule has 8 aromatic rings. The van der Waals surface area contributed by atoms with Crippen molar-refractivity contribution in [3.8, 4) is 22.3 Å². The summed E-state index contributed by atoms with van der Waals surface area (Å²) < 4.78 is 2.62. The number of hydrogen-bond acceptors (Lipinski definition) is 2. The Morgan fingerprint density at radius 1 is 0.465 bits per heavy atom. The average Bonchev–Trinajstić information content (AvgIpc) is 3.70. The number of hydrogen-bond donors (Lipinski definition) is 1. The minimum atomic E-state index is -0.306. The fourth-order valence-electron chi connectivity index (χ4n) is 8.00. The molecule has 1 aromatic heterocycles.